The van der Waals surface area contributed by atoms with Gasteiger partial charge in [0.05, 0.1) is 12.5 Å². The Kier molecular flexibility index (Phi) is 7.05. The zero-order valence-corrected chi connectivity index (χ0v) is 16.6. The third-order valence-electron chi connectivity index (χ3n) is 5.26. The third kappa shape index (κ3) is 5.67. The summed E-state index contributed by atoms with van der Waals surface area (Å²) in [4.78, 5) is 15.7. The molecule has 0 amide bonds. The number of hydrogen-bond donors (Lipinski definition) is 0. The van der Waals surface area contributed by atoms with E-state index in [9.17, 15) is 4.79 Å². The van der Waals surface area contributed by atoms with E-state index in [1.807, 2.05) is 42.5 Å². The minimum absolute atomic E-state index is 0.114. The van der Waals surface area contributed by atoms with Gasteiger partial charge in [0.1, 0.15) is 5.75 Å². The number of rotatable bonds is 9. The monoisotopic (exact) mass is 365 g/mol. The highest BCUT2D eigenvalue weighted by Crippen LogP contribution is 2.25. The van der Waals surface area contributed by atoms with Crippen LogP contribution in [0.1, 0.15) is 54.9 Å². The summed E-state index contributed by atoms with van der Waals surface area (Å²) >= 11 is 0. The van der Waals surface area contributed by atoms with Crippen molar-refractivity contribution in [3.8, 4) is 5.75 Å². The van der Waals surface area contributed by atoms with Gasteiger partial charge in [-0.15, -0.1) is 0 Å². The molecule has 1 heterocycles. The molecule has 3 heteroatoms. The number of likely N-dealkylation sites (tertiary alicyclic amines) is 1. The van der Waals surface area contributed by atoms with Crippen LogP contribution in [0.15, 0.2) is 54.6 Å². The average molecular weight is 366 g/mol. The van der Waals surface area contributed by atoms with Gasteiger partial charge in [-0.3, -0.25) is 4.79 Å². The fourth-order valence-electron chi connectivity index (χ4n) is 3.58. The number of benzene rings is 2. The van der Waals surface area contributed by atoms with Crippen molar-refractivity contribution in [2.45, 2.75) is 39.0 Å². The van der Waals surface area contributed by atoms with E-state index in [1.165, 1.54) is 12.8 Å². The van der Waals surface area contributed by atoms with Crippen molar-refractivity contribution in [2.75, 3.05) is 26.2 Å². The van der Waals surface area contributed by atoms with Crippen molar-refractivity contribution < 1.29 is 9.53 Å². The fraction of sp³-hybridized carbons (Fsp3) is 0.458. The smallest absolute Gasteiger partial charge is 0.171 e. The van der Waals surface area contributed by atoms with Gasteiger partial charge >= 0.3 is 0 Å². The molecule has 0 unspecified atom stereocenters. The molecule has 0 spiro atoms. The van der Waals surface area contributed by atoms with Crippen LogP contribution >= 0.6 is 0 Å². The van der Waals surface area contributed by atoms with E-state index in [1.54, 1.807) is 0 Å². The molecular weight excluding hydrogens is 334 g/mol. The molecule has 0 aromatic heterocycles. The standard InChI is InChI=1S/C24H31NO2/c1-19(2)14-17-27-22-12-10-21(11-13-22)24(26)23(18-25-15-6-7-16-25)20-8-4-3-5-9-20/h3-5,8-13,19,23H,6-7,14-18H2,1-2H3/t23-/m0/s1. The molecule has 0 saturated carbocycles. The van der Waals surface area contributed by atoms with Gasteiger partial charge in [0.2, 0.25) is 0 Å². The Morgan fingerprint density at radius 1 is 1.00 bits per heavy atom. The van der Waals surface area contributed by atoms with Crippen LogP contribution < -0.4 is 4.74 Å². The second kappa shape index (κ2) is 9.70. The zero-order valence-electron chi connectivity index (χ0n) is 16.6. The van der Waals surface area contributed by atoms with Crippen LogP contribution in [0, 0.1) is 5.92 Å². The van der Waals surface area contributed by atoms with Crippen LogP contribution in [0.2, 0.25) is 0 Å². The molecule has 1 aliphatic heterocycles. The summed E-state index contributed by atoms with van der Waals surface area (Å²) in [6, 6.07) is 17.8. The van der Waals surface area contributed by atoms with Crippen molar-refractivity contribution in [3.05, 3.63) is 65.7 Å². The Bertz CT molecular complexity index is 703. The average Bonchev–Trinajstić information content (AvgIpc) is 3.20. The topological polar surface area (TPSA) is 29.5 Å². The lowest BCUT2D eigenvalue weighted by atomic mass is 9.90. The summed E-state index contributed by atoms with van der Waals surface area (Å²) in [6.07, 6.45) is 3.50. The molecule has 27 heavy (non-hydrogen) atoms. The van der Waals surface area contributed by atoms with Gasteiger partial charge in [0.25, 0.3) is 0 Å². The fourth-order valence-corrected chi connectivity index (χ4v) is 3.58. The molecule has 0 N–H and O–H groups in total. The Balaban J connectivity index is 1.71. The van der Waals surface area contributed by atoms with Crippen molar-refractivity contribution in [3.63, 3.8) is 0 Å². The SMILES string of the molecule is CC(C)CCOc1ccc(C(=O)[C@@H](CN2CCCC2)c2ccccc2)cc1. The molecule has 144 valence electrons. The van der Waals surface area contributed by atoms with E-state index in [-0.39, 0.29) is 11.7 Å². The molecule has 3 nitrogen and oxygen atoms in total. The van der Waals surface area contributed by atoms with Gasteiger partial charge in [-0.05, 0) is 68.1 Å². The molecule has 0 radical (unpaired) electrons. The number of carbonyl (C=O) groups excluding carboxylic acids is 1. The summed E-state index contributed by atoms with van der Waals surface area (Å²) in [5, 5.41) is 0. The maximum Gasteiger partial charge on any atom is 0.171 e. The first-order valence-electron chi connectivity index (χ1n) is 10.2. The largest absolute Gasteiger partial charge is 0.494 e. The summed E-state index contributed by atoms with van der Waals surface area (Å²) in [7, 11) is 0. The van der Waals surface area contributed by atoms with E-state index < -0.39 is 0 Å². The Labute approximate surface area is 163 Å². The van der Waals surface area contributed by atoms with E-state index in [2.05, 4.69) is 30.9 Å². The summed E-state index contributed by atoms with van der Waals surface area (Å²) in [5.41, 5.74) is 1.87. The van der Waals surface area contributed by atoms with Gasteiger partial charge < -0.3 is 9.64 Å². The van der Waals surface area contributed by atoms with Gasteiger partial charge in [-0.2, -0.15) is 0 Å². The number of ketones is 1. The van der Waals surface area contributed by atoms with Crippen LogP contribution in [0.25, 0.3) is 0 Å². The minimum Gasteiger partial charge on any atom is -0.494 e. The van der Waals surface area contributed by atoms with E-state index in [4.69, 9.17) is 4.74 Å². The predicted molar refractivity (Wildman–Crippen MR) is 111 cm³/mol. The number of ether oxygens (including phenoxy) is 1. The summed E-state index contributed by atoms with van der Waals surface area (Å²) in [5.74, 6) is 1.55. The van der Waals surface area contributed by atoms with Gasteiger partial charge in [-0.1, -0.05) is 44.2 Å². The van der Waals surface area contributed by atoms with Gasteiger partial charge in [-0.25, -0.2) is 0 Å². The van der Waals surface area contributed by atoms with Crippen molar-refractivity contribution in [1.82, 2.24) is 4.90 Å². The van der Waals surface area contributed by atoms with Crippen LogP contribution in [0.5, 0.6) is 5.75 Å². The van der Waals surface area contributed by atoms with E-state index in [0.717, 1.165) is 42.9 Å². The first kappa shape index (κ1) is 19.6. The first-order chi connectivity index (χ1) is 13.1. The van der Waals surface area contributed by atoms with Crippen molar-refractivity contribution >= 4 is 5.78 Å². The summed E-state index contributed by atoms with van der Waals surface area (Å²) in [6.45, 7) is 8.09. The maximum absolute atomic E-state index is 13.3. The highest BCUT2D eigenvalue weighted by Gasteiger charge is 2.26. The number of hydrogen-bond acceptors (Lipinski definition) is 3. The van der Waals surface area contributed by atoms with Crippen molar-refractivity contribution in [2.24, 2.45) is 5.92 Å². The number of Topliss-reactive ketones (excluding diaryl/α,β-unsaturated/α-hetero) is 1. The second-order valence-corrected chi connectivity index (χ2v) is 7.89. The predicted octanol–water partition coefficient (Wildman–Crippen LogP) is 5.17. The lowest BCUT2D eigenvalue weighted by Crippen LogP contribution is -2.30. The zero-order chi connectivity index (χ0) is 19.1. The van der Waals surface area contributed by atoms with Crippen LogP contribution in [0.3, 0.4) is 0 Å². The first-order valence-corrected chi connectivity index (χ1v) is 10.2. The van der Waals surface area contributed by atoms with Crippen LogP contribution in [-0.4, -0.2) is 36.9 Å². The minimum atomic E-state index is -0.114. The summed E-state index contributed by atoms with van der Waals surface area (Å²) < 4.78 is 5.78. The molecule has 2 aromatic rings. The Morgan fingerprint density at radius 3 is 2.30 bits per heavy atom. The Hall–Kier alpha value is -2.13. The highest BCUT2D eigenvalue weighted by molar-refractivity contribution is 6.01. The van der Waals surface area contributed by atoms with E-state index in [0.29, 0.717) is 12.5 Å². The Morgan fingerprint density at radius 2 is 1.67 bits per heavy atom. The van der Waals surface area contributed by atoms with Crippen molar-refractivity contribution in [1.29, 1.82) is 0 Å². The van der Waals surface area contributed by atoms with Crippen LogP contribution in [0.4, 0.5) is 0 Å². The number of nitrogens with zero attached hydrogens (tertiary/aromatic N) is 1. The van der Waals surface area contributed by atoms with Gasteiger partial charge in [0, 0.05) is 12.1 Å². The molecular formula is C24H31NO2. The van der Waals surface area contributed by atoms with E-state index >= 15 is 0 Å². The highest BCUT2D eigenvalue weighted by atomic mass is 16.5. The van der Waals surface area contributed by atoms with Gasteiger partial charge in [0.15, 0.2) is 5.78 Å². The molecule has 2 aromatic carbocycles. The molecule has 0 bridgehead atoms. The lowest BCUT2D eigenvalue weighted by Gasteiger charge is -2.23. The molecule has 1 atom stereocenters. The number of carbonyl (C=O) groups is 1. The normalized spacial score (nSPS) is 15.8. The quantitative estimate of drug-likeness (QED) is 0.574. The molecule has 1 aliphatic rings. The molecule has 1 saturated heterocycles. The lowest BCUT2D eigenvalue weighted by molar-refractivity contribution is 0.0939. The molecule has 1 fully saturated rings. The third-order valence-corrected chi connectivity index (χ3v) is 5.26. The molecule has 0 aliphatic carbocycles. The maximum atomic E-state index is 13.3. The molecule has 3 rings (SSSR count). The second-order valence-electron chi connectivity index (χ2n) is 7.89. The van der Waals surface area contributed by atoms with Crippen LogP contribution in [-0.2, 0) is 0 Å².